The summed E-state index contributed by atoms with van der Waals surface area (Å²) in [6.45, 7) is 2.58. The number of hydrogen-bond donors (Lipinski definition) is 2. The van der Waals surface area contributed by atoms with Crippen molar-refractivity contribution in [3.05, 3.63) is 26.7 Å². The smallest absolute Gasteiger partial charge is 0.224 e. The van der Waals surface area contributed by atoms with Crippen LogP contribution in [0.1, 0.15) is 19.8 Å². The van der Waals surface area contributed by atoms with E-state index in [-0.39, 0.29) is 5.91 Å². The highest BCUT2D eigenvalue weighted by Gasteiger charge is 2.12. The Hall–Kier alpha value is -0.290. The summed E-state index contributed by atoms with van der Waals surface area (Å²) in [5.74, 6) is 0.216. The van der Waals surface area contributed by atoms with Gasteiger partial charge in [-0.2, -0.15) is 0 Å². The van der Waals surface area contributed by atoms with Gasteiger partial charge in [0.05, 0.1) is 15.7 Å². The van der Waals surface area contributed by atoms with Crippen molar-refractivity contribution in [3.63, 3.8) is 0 Å². The number of benzene rings is 1. The first-order valence-corrected chi connectivity index (χ1v) is 7.13. The van der Waals surface area contributed by atoms with Crippen molar-refractivity contribution in [2.75, 3.05) is 11.9 Å². The van der Waals surface area contributed by atoms with Gasteiger partial charge in [-0.25, -0.2) is 0 Å². The first kappa shape index (κ1) is 15.8. The molecule has 1 atom stereocenters. The summed E-state index contributed by atoms with van der Waals surface area (Å²) in [6, 6.07) is 3.37. The second-order valence-corrected chi connectivity index (χ2v) is 5.90. The van der Waals surface area contributed by atoms with Crippen LogP contribution in [0.5, 0.6) is 0 Å². The SMILES string of the molecule is CC(CN)CCC(=O)Nc1c(Cl)cc(Br)cc1Cl. The van der Waals surface area contributed by atoms with Crippen molar-refractivity contribution < 1.29 is 4.79 Å². The number of carbonyl (C=O) groups is 1. The highest BCUT2D eigenvalue weighted by molar-refractivity contribution is 9.10. The van der Waals surface area contributed by atoms with Crippen LogP contribution in [-0.4, -0.2) is 12.5 Å². The summed E-state index contributed by atoms with van der Waals surface area (Å²) in [5, 5.41) is 3.54. The van der Waals surface area contributed by atoms with Crippen LogP contribution in [0.3, 0.4) is 0 Å². The summed E-state index contributed by atoms with van der Waals surface area (Å²) in [6.07, 6.45) is 1.15. The number of hydrogen-bond acceptors (Lipinski definition) is 2. The fourth-order valence-electron chi connectivity index (χ4n) is 1.36. The molecule has 0 radical (unpaired) electrons. The molecule has 3 N–H and O–H groups in total. The first-order valence-electron chi connectivity index (χ1n) is 5.58. The van der Waals surface area contributed by atoms with Crippen LogP contribution < -0.4 is 11.1 Å². The molecule has 0 spiro atoms. The Labute approximate surface area is 125 Å². The monoisotopic (exact) mass is 352 g/mol. The maximum absolute atomic E-state index is 11.7. The minimum Gasteiger partial charge on any atom is -0.330 e. The Morgan fingerprint density at radius 3 is 2.50 bits per heavy atom. The van der Waals surface area contributed by atoms with E-state index in [1.165, 1.54) is 0 Å². The van der Waals surface area contributed by atoms with Gasteiger partial charge in [0.1, 0.15) is 0 Å². The number of halogens is 3. The van der Waals surface area contributed by atoms with Gasteiger partial charge >= 0.3 is 0 Å². The number of rotatable bonds is 5. The lowest BCUT2D eigenvalue weighted by atomic mass is 10.1. The van der Waals surface area contributed by atoms with Crippen LogP contribution in [0.4, 0.5) is 5.69 Å². The largest absolute Gasteiger partial charge is 0.330 e. The molecule has 1 rings (SSSR count). The Morgan fingerprint density at radius 2 is 2.00 bits per heavy atom. The number of anilines is 1. The molecule has 0 bridgehead atoms. The summed E-state index contributed by atoms with van der Waals surface area (Å²) >= 11 is 15.3. The average molecular weight is 354 g/mol. The molecule has 0 saturated carbocycles. The minimum absolute atomic E-state index is 0.110. The van der Waals surface area contributed by atoms with Crippen molar-refractivity contribution in [1.82, 2.24) is 0 Å². The molecule has 1 aromatic carbocycles. The molecule has 0 aliphatic carbocycles. The zero-order chi connectivity index (χ0) is 13.7. The van der Waals surface area contributed by atoms with Gasteiger partial charge in [-0.3, -0.25) is 4.79 Å². The molecular weight excluding hydrogens is 339 g/mol. The molecule has 0 aromatic heterocycles. The van der Waals surface area contributed by atoms with Crippen molar-refractivity contribution in [2.45, 2.75) is 19.8 Å². The highest BCUT2D eigenvalue weighted by atomic mass is 79.9. The van der Waals surface area contributed by atoms with Crippen LogP contribution in [0.2, 0.25) is 10.0 Å². The normalized spacial score (nSPS) is 12.3. The van der Waals surface area contributed by atoms with Crippen molar-refractivity contribution in [2.24, 2.45) is 11.7 Å². The predicted molar refractivity (Wildman–Crippen MR) is 80.2 cm³/mol. The molecule has 1 unspecified atom stereocenters. The van der Waals surface area contributed by atoms with Crippen molar-refractivity contribution in [1.29, 1.82) is 0 Å². The second kappa shape index (κ2) is 7.34. The van der Waals surface area contributed by atoms with Crippen LogP contribution in [0.15, 0.2) is 16.6 Å². The maximum Gasteiger partial charge on any atom is 0.224 e. The Kier molecular flexibility index (Phi) is 6.43. The van der Waals surface area contributed by atoms with Crippen LogP contribution in [-0.2, 0) is 4.79 Å². The molecule has 3 nitrogen and oxygen atoms in total. The Morgan fingerprint density at radius 1 is 1.44 bits per heavy atom. The minimum atomic E-state index is -0.110. The van der Waals surface area contributed by atoms with Gasteiger partial charge in [0.15, 0.2) is 0 Å². The van der Waals surface area contributed by atoms with E-state index in [2.05, 4.69) is 21.2 Å². The lowest BCUT2D eigenvalue weighted by Gasteiger charge is -2.11. The topological polar surface area (TPSA) is 55.1 Å². The van der Waals surface area contributed by atoms with E-state index in [9.17, 15) is 4.79 Å². The maximum atomic E-state index is 11.7. The van der Waals surface area contributed by atoms with E-state index in [0.717, 1.165) is 10.9 Å². The van der Waals surface area contributed by atoms with E-state index in [4.69, 9.17) is 28.9 Å². The fourth-order valence-corrected chi connectivity index (χ4v) is 2.66. The highest BCUT2D eigenvalue weighted by Crippen LogP contribution is 2.33. The molecule has 100 valence electrons. The van der Waals surface area contributed by atoms with E-state index in [1.807, 2.05) is 6.92 Å². The molecule has 0 aliphatic heterocycles. The number of nitrogens with one attached hydrogen (secondary N) is 1. The van der Waals surface area contributed by atoms with Crippen molar-refractivity contribution in [3.8, 4) is 0 Å². The van der Waals surface area contributed by atoms with Gasteiger partial charge in [-0.15, -0.1) is 0 Å². The molecular formula is C12H15BrCl2N2O. The molecule has 0 aliphatic rings. The van der Waals surface area contributed by atoms with Crippen LogP contribution in [0, 0.1) is 5.92 Å². The summed E-state index contributed by atoms with van der Waals surface area (Å²) < 4.78 is 0.771. The van der Waals surface area contributed by atoms with E-state index >= 15 is 0 Å². The van der Waals surface area contributed by atoms with Gasteiger partial charge in [-0.1, -0.05) is 46.1 Å². The molecule has 0 heterocycles. The zero-order valence-electron chi connectivity index (χ0n) is 9.97. The van der Waals surface area contributed by atoms with Gasteiger partial charge < -0.3 is 11.1 Å². The fraction of sp³-hybridized carbons (Fsp3) is 0.417. The van der Waals surface area contributed by atoms with Gasteiger partial charge in [-0.05, 0) is 31.0 Å². The van der Waals surface area contributed by atoms with Crippen LogP contribution >= 0.6 is 39.1 Å². The molecule has 0 saturated heterocycles. The standard InChI is InChI=1S/C12H15BrCl2N2O/c1-7(6-16)2-3-11(18)17-12-9(14)4-8(13)5-10(12)15/h4-5,7H,2-3,6,16H2,1H3,(H,17,18). The van der Waals surface area contributed by atoms with Crippen LogP contribution in [0.25, 0.3) is 0 Å². The summed E-state index contributed by atoms with van der Waals surface area (Å²) in [4.78, 5) is 11.7. The first-order chi connectivity index (χ1) is 8.43. The van der Waals surface area contributed by atoms with E-state index in [1.54, 1.807) is 12.1 Å². The quantitative estimate of drug-likeness (QED) is 0.838. The van der Waals surface area contributed by atoms with Gasteiger partial charge in [0.25, 0.3) is 0 Å². The van der Waals surface area contributed by atoms with Gasteiger partial charge in [0.2, 0.25) is 5.91 Å². The number of carbonyl (C=O) groups excluding carboxylic acids is 1. The predicted octanol–water partition coefficient (Wildman–Crippen LogP) is 4.07. The Bertz CT molecular complexity index is 417. The number of amides is 1. The molecule has 0 fully saturated rings. The van der Waals surface area contributed by atoms with Gasteiger partial charge in [0, 0.05) is 10.9 Å². The lowest BCUT2D eigenvalue weighted by molar-refractivity contribution is -0.116. The van der Waals surface area contributed by atoms with E-state index < -0.39 is 0 Å². The second-order valence-electron chi connectivity index (χ2n) is 4.17. The third kappa shape index (κ3) is 4.76. The third-order valence-corrected chi connectivity index (χ3v) is 3.59. The molecule has 6 heteroatoms. The zero-order valence-corrected chi connectivity index (χ0v) is 13.1. The third-order valence-electron chi connectivity index (χ3n) is 2.54. The average Bonchev–Trinajstić information content (AvgIpc) is 2.30. The molecule has 1 amide bonds. The molecule has 1 aromatic rings. The van der Waals surface area contributed by atoms with Crippen molar-refractivity contribution >= 4 is 50.7 Å². The number of nitrogens with two attached hydrogens (primary N) is 1. The Balaban J connectivity index is 2.65. The lowest BCUT2D eigenvalue weighted by Crippen LogP contribution is -2.16. The van der Waals surface area contributed by atoms with E-state index in [0.29, 0.717) is 34.6 Å². The summed E-state index contributed by atoms with van der Waals surface area (Å²) in [5.41, 5.74) is 5.95. The molecule has 18 heavy (non-hydrogen) atoms. The summed E-state index contributed by atoms with van der Waals surface area (Å²) in [7, 11) is 0.